The van der Waals surface area contributed by atoms with Gasteiger partial charge in [-0.1, -0.05) is 30.3 Å². The summed E-state index contributed by atoms with van der Waals surface area (Å²) >= 11 is 1.75. The zero-order chi connectivity index (χ0) is 18.1. The Labute approximate surface area is 178 Å². The van der Waals surface area contributed by atoms with E-state index in [1.165, 1.54) is 10.4 Å². The molecule has 26 heavy (non-hydrogen) atoms. The van der Waals surface area contributed by atoms with Crippen molar-refractivity contribution in [3.05, 3.63) is 52.0 Å². The van der Waals surface area contributed by atoms with Crippen LogP contribution in [0, 0.1) is 6.92 Å². The quantitative estimate of drug-likeness (QED) is 0.340. The normalized spacial score (nSPS) is 12.6. The second-order valence-corrected chi connectivity index (χ2v) is 7.47. The summed E-state index contributed by atoms with van der Waals surface area (Å²) in [5, 5.41) is 7.90. The standard InChI is InChI=1S/C19H29N5S.HI/c1-5-20-19(21-12-11-18-22-13-15(2)25-18)23-14-17(24(3)4)16-9-7-6-8-10-16;/h6-10,13,17H,5,11-12,14H2,1-4H3,(H2,20,21,23);1H. The first-order valence-electron chi connectivity index (χ1n) is 8.75. The smallest absolute Gasteiger partial charge is 0.191 e. The van der Waals surface area contributed by atoms with Gasteiger partial charge in [-0.15, -0.1) is 35.3 Å². The van der Waals surface area contributed by atoms with E-state index >= 15 is 0 Å². The van der Waals surface area contributed by atoms with Crippen LogP contribution < -0.4 is 10.6 Å². The van der Waals surface area contributed by atoms with Gasteiger partial charge < -0.3 is 15.5 Å². The highest BCUT2D eigenvalue weighted by molar-refractivity contribution is 14.0. The summed E-state index contributed by atoms with van der Waals surface area (Å²) in [6.45, 7) is 6.56. The number of halogens is 1. The van der Waals surface area contributed by atoms with E-state index in [0.717, 1.165) is 30.5 Å². The molecule has 5 nitrogen and oxygen atoms in total. The van der Waals surface area contributed by atoms with Crippen LogP contribution in [-0.2, 0) is 6.42 Å². The molecule has 1 aromatic carbocycles. The van der Waals surface area contributed by atoms with Crippen LogP contribution >= 0.6 is 35.3 Å². The third kappa shape index (κ3) is 7.59. The van der Waals surface area contributed by atoms with Gasteiger partial charge in [0.25, 0.3) is 0 Å². The van der Waals surface area contributed by atoms with Crippen LogP contribution in [-0.4, -0.2) is 49.6 Å². The first-order valence-corrected chi connectivity index (χ1v) is 9.56. The third-order valence-corrected chi connectivity index (χ3v) is 4.85. The minimum absolute atomic E-state index is 0. The van der Waals surface area contributed by atoms with Crippen LogP contribution in [0.5, 0.6) is 0 Å². The molecule has 1 unspecified atom stereocenters. The molecule has 2 aromatic rings. The first kappa shape index (κ1) is 22.9. The molecule has 7 heteroatoms. The summed E-state index contributed by atoms with van der Waals surface area (Å²) < 4.78 is 0. The lowest BCUT2D eigenvalue weighted by molar-refractivity contribution is 0.306. The molecule has 0 aliphatic carbocycles. The fraction of sp³-hybridized carbons (Fsp3) is 0.474. The zero-order valence-electron chi connectivity index (χ0n) is 16.0. The summed E-state index contributed by atoms with van der Waals surface area (Å²) in [5.74, 6) is 0.860. The van der Waals surface area contributed by atoms with E-state index in [9.17, 15) is 0 Å². The Bertz CT molecular complexity index is 657. The van der Waals surface area contributed by atoms with E-state index in [1.807, 2.05) is 12.3 Å². The number of rotatable bonds is 8. The minimum atomic E-state index is 0. The van der Waals surface area contributed by atoms with Crippen molar-refractivity contribution in [2.45, 2.75) is 26.3 Å². The Morgan fingerprint density at radius 1 is 1.23 bits per heavy atom. The highest BCUT2D eigenvalue weighted by Gasteiger charge is 2.13. The Kier molecular flexibility index (Phi) is 10.8. The predicted molar refractivity (Wildman–Crippen MR) is 123 cm³/mol. The van der Waals surface area contributed by atoms with Gasteiger partial charge >= 0.3 is 0 Å². The third-order valence-electron chi connectivity index (χ3n) is 3.87. The predicted octanol–water partition coefficient (Wildman–Crippen LogP) is 3.47. The van der Waals surface area contributed by atoms with Crippen molar-refractivity contribution in [1.29, 1.82) is 0 Å². The fourth-order valence-electron chi connectivity index (χ4n) is 2.57. The first-order chi connectivity index (χ1) is 12.1. The Balaban J connectivity index is 0.00000338. The number of aliphatic imine (C=N–C) groups is 1. The van der Waals surface area contributed by atoms with Gasteiger partial charge in [-0.2, -0.15) is 0 Å². The van der Waals surface area contributed by atoms with Crippen LogP contribution in [0.2, 0.25) is 0 Å². The van der Waals surface area contributed by atoms with Crippen molar-refractivity contribution in [3.8, 4) is 0 Å². The molecular weight excluding hydrogens is 457 g/mol. The molecule has 0 fully saturated rings. The molecule has 0 bridgehead atoms. The number of hydrogen-bond donors (Lipinski definition) is 2. The number of thiazole rings is 1. The average molecular weight is 487 g/mol. The van der Waals surface area contributed by atoms with Gasteiger partial charge in [-0.05, 0) is 33.5 Å². The summed E-state index contributed by atoms with van der Waals surface area (Å²) in [5.41, 5.74) is 1.28. The zero-order valence-corrected chi connectivity index (χ0v) is 19.2. The van der Waals surface area contributed by atoms with Gasteiger partial charge in [-0.3, -0.25) is 4.99 Å². The molecule has 0 saturated carbocycles. The maximum Gasteiger partial charge on any atom is 0.191 e. The Morgan fingerprint density at radius 2 is 1.96 bits per heavy atom. The second-order valence-electron chi connectivity index (χ2n) is 6.15. The van der Waals surface area contributed by atoms with Crippen molar-refractivity contribution in [2.24, 2.45) is 4.99 Å². The number of nitrogens with one attached hydrogen (secondary N) is 2. The number of likely N-dealkylation sites (N-methyl/N-ethyl adjacent to an activating group) is 1. The molecule has 0 saturated heterocycles. The molecule has 0 radical (unpaired) electrons. The van der Waals surface area contributed by atoms with Crippen molar-refractivity contribution in [1.82, 2.24) is 20.5 Å². The molecule has 1 heterocycles. The number of hydrogen-bond acceptors (Lipinski definition) is 4. The largest absolute Gasteiger partial charge is 0.357 e. The Morgan fingerprint density at radius 3 is 2.54 bits per heavy atom. The average Bonchev–Trinajstić information content (AvgIpc) is 3.01. The Hall–Kier alpha value is -1.19. The van der Waals surface area contributed by atoms with Crippen LogP contribution in [0.4, 0.5) is 0 Å². The van der Waals surface area contributed by atoms with Crippen molar-refractivity contribution in [3.63, 3.8) is 0 Å². The van der Waals surface area contributed by atoms with Gasteiger partial charge in [-0.25, -0.2) is 4.98 Å². The molecular formula is C19H30IN5S. The monoisotopic (exact) mass is 487 g/mol. The van der Waals surface area contributed by atoms with Crippen LogP contribution in [0.3, 0.4) is 0 Å². The van der Waals surface area contributed by atoms with Gasteiger partial charge in [0.1, 0.15) is 0 Å². The van der Waals surface area contributed by atoms with Gasteiger partial charge in [0.2, 0.25) is 0 Å². The maximum absolute atomic E-state index is 4.78. The number of aromatic nitrogens is 1. The number of guanidine groups is 1. The van der Waals surface area contributed by atoms with Crippen molar-refractivity contribution in [2.75, 3.05) is 33.7 Å². The highest BCUT2D eigenvalue weighted by Crippen LogP contribution is 2.18. The molecule has 2 rings (SSSR count). The summed E-state index contributed by atoms with van der Waals surface area (Å²) in [6, 6.07) is 10.8. The molecule has 2 N–H and O–H groups in total. The van der Waals surface area contributed by atoms with Crippen LogP contribution in [0.1, 0.15) is 28.4 Å². The topological polar surface area (TPSA) is 52.6 Å². The molecule has 0 aliphatic heterocycles. The summed E-state index contributed by atoms with van der Waals surface area (Å²) in [4.78, 5) is 12.7. The van der Waals surface area contributed by atoms with E-state index in [0.29, 0.717) is 6.54 Å². The SMILES string of the molecule is CCNC(=NCC(c1ccccc1)N(C)C)NCCc1ncc(C)s1.I. The lowest BCUT2D eigenvalue weighted by Crippen LogP contribution is -2.39. The number of nitrogens with zero attached hydrogens (tertiary/aromatic N) is 3. The van der Waals surface area contributed by atoms with Crippen molar-refractivity contribution >= 4 is 41.3 Å². The van der Waals surface area contributed by atoms with E-state index in [-0.39, 0.29) is 30.0 Å². The van der Waals surface area contributed by atoms with Crippen molar-refractivity contribution < 1.29 is 0 Å². The molecule has 0 spiro atoms. The number of benzene rings is 1. The second kappa shape index (κ2) is 12.2. The van der Waals surface area contributed by atoms with E-state index in [1.54, 1.807) is 11.3 Å². The van der Waals surface area contributed by atoms with Crippen LogP contribution in [0.15, 0.2) is 41.5 Å². The molecule has 1 atom stereocenters. The number of aryl methyl sites for hydroxylation is 1. The van der Waals surface area contributed by atoms with Gasteiger partial charge in [0, 0.05) is 30.6 Å². The van der Waals surface area contributed by atoms with Gasteiger partial charge in [0.05, 0.1) is 17.6 Å². The highest BCUT2D eigenvalue weighted by atomic mass is 127. The fourth-order valence-corrected chi connectivity index (χ4v) is 3.35. The summed E-state index contributed by atoms with van der Waals surface area (Å²) in [7, 11) is 4.19. The molecule has 1 aromatic heterocycles. The maximum atomic E-state index is 4.78. The lowest BCUT2D eigenvalue weighted by Gasteiger charge is -2.23. The van der Waals surface area contributed by atoms with Gasteiger partial charge in [0.15, 0.2) is 5.96 Å². The minimum Gasteiger partial charge on any atom is -0.357 e. The molecule has 144 valence electrons. The van der Waals surface area contributed by atoms with Crippen LogP contribution in [0.25, 0.3) is 0 Å². The molecule has 0 aliphatic rings. The molecule has 0 amide bonds. The lowest BCUT2D eigenvalue weighted by atomic mass is 10.1. The van der Waals surface area contributed by atoms with E-state index in [2.05, 4.69) is 72.7 Å². The van der Waals surface area contributed by atoms with E-state index in [4.69, 9.17) is 4.99 Å². The van der Waals surface area contributed by atoms with E-state index < -0.39 is 0 Å². The summed E-state index contributed by atoms with van der Waals surface area (Å²) in [6.07, 6.45) is 2.85.